The Balaban J connectivity index is 0.000000402. The van der Waals surface area contributed by atoms with Gasteiger partial charge in [0, 0.05) is 11.0 Å². The van der Waals surface area contributed by atoms with Gasteiger partial charge in [0.15, 0.2) is 5.13 Å². The third-order valence-electron chi connectivity index (χ3n) is 4.68. The van der Waals surface area contributed by atoms with Crippen LogP contribution < -0.4 is 21.7 Å². The number of benzene rings is 1. The van der Waals surface area contributed by atoms with Crippen LogP contribution in [0.3, 0.4) is 0 Å². The van der Waals surface area contributed by atoms with Crippen molar-refractivity contribution in [3.8, 4) is 0 Å². The van der Waals surface area contributed by atoms with Gasteiger partial charge >= 0.3 is 6.03 Å². The smallest absolute Gasteiger partial charge is 0.321 e. The molecule has 0 aliphatic rings. The molecule has 0 bridgehead atoms. The number of primary amides is 1. The number of carbonyl (C=O) groups is 3. The minimum atomic E-state index is -0.394. The molecule has 0 aliphatic carbocycles. The summed E-state index contributed by atoms with van der Waals surface area (Å²) >= 11 is 5.92. The number of aromatic nitrogens is 2. The van der Waals surface area contributed by atoms with Gasteiger partial charge in [0.05, 0.1) is 22.6 Å². The second-order valence-corrected chi connectivity index (χ2v) is 10.4. The highest BCUT2D eigenvalue weighted by Gasteiger charge is 2.18. The Bertz CT molecular complexity index is 1180. The fraction of sp³-hybridized carbons (Fsp3) is 0.348. The van der Waals surface area contributed by atoms with Crippen molar-refractivity contribution in [2.45, 2.75) is 47.5 Å². The van der Waals surface area contributed by atoms with Crippen molar-refractivity contribution in [3.05, 3.63) is 54.4 Å². The van der Waals surface area contributed by atoms with Crippen LogP contribution in [-0.4, -0.2) is 34.4 Å². The minimum absolute atomic E-state index is 0.243. The number of carbonyl (C=O) groups excluding carboxylic acids is 3. The molecule has 35 heavy (non-hydrogen) atoms. The van der Waals surface area contributed by atoms with Crippen LogP contribution >= 0.6 is 38.6 Å². The van der Waals surface area contributed by atoms with Crippen LogP contribution in [0, 0.1) is 27.7 Å². The van der Waals surface area contributed by atoms with Crippen LogP contribution in [0.25, 0.3) is 0 Å². The molecular weight excluding hydrogens is 552 g/mol. The molecule has 0 atom stereocenters. The molecule has 0 fully saturated rings. The zero-order chi connectivity index (χ0) is 26.1. The van der Waals surface area contributed by atoms with E-state index in [0.29, 0.717) is 32.8 Å². The molecule has 2 heterocycles. The largest absolute Gasteiger partial charge is 0.365 e. The van der Waals surface area contributed by atoms with Gasteiger partial charge in [-0.2, -0.15) is 0 Å². The van der Waals surface area contributed by atoms with Crippen molar-refractivity contribution in [2.75, 3.05) is 17.2 Å². The van der Waals surface area contributed by atoms with E-state index in [1.807, 2.05) is 26.0 Å². The van der Waals surface area contributed by atoms with E-state index in [1.165, 1.54) is 11.3 Å². The molecule has 2 aromatic heterocycles. The number of nitrogens with one attached hydrogen (secondary N) is 3. The number of nitrogens with zero attached hydrogens (tertiary/aromatic N) is 2. The van der Waals surface area contributed by atoms with Crippen LogP contribution in [-0.2, 0) is 0 Å². The Hall–Kier alpha value is -2.83. The molecule has 0 spiro atoms. The van der Waals surface area contributed by atoms with E-state index >= 15 is 0 Å². The van der Waals surface area contributed by atoms with Gasteiger partial charge < -0.3 is 16.4 Å². The highest BCUT2D eigenvalue weighted by molar-refractivity contribution is 9.10. The van der Waals surface area contributed by atoms with Gasteiger partial charge in [-0.05, 0) is 67.2 Å². The Kier molecular flexibility index (Phi) is 10.8. The maximum atomic E-state index is 12.6. The van der Waals surface area contributed by atoms with Crippen molar-refractivity contribution in [1.82, 2.24) is 15.3 Å². The van der Waals surface area contributed by atoms with E-state index in [9.17, 15) is 14.4 Å². The van der Waals surface area contributed by atoms with Gasteiger partial charge in [0.25, 0.3) is 11.8 Å². The Morgan fingerprint density at radius 1 is 1.06 bits per heavy atom. The van der Waals surface area contributed by atoms with Crippen molar-refractivity contribution < 1.29 is 14.4 Å². The molecule has 9 nitrogen and oxygen atoms in total. The summed E-state index contributed by atoms with van der Waals surface area (Å²) < 4.78 is 0.833. The molecule has 1 aromatic carbocycles. The van der Waals surface area contributed by atoms with Crippen molar-refractivity contribution in [3.63, 3.8) is 0 Å². The van der Waals surface area contributed by atoms with Crippen molar-refractivity contribution in [1.29, 1.82) is 0 Å². The van der Waals surface area contributed by atoms with E-state index in [4.69, 9.17) is 5.73 Å². The predicted octanol–water partition coefficient (Wildman–Crippen LogP) is 5.56. The number of nitrogens with two attached hydrogens (primary N) is 1. The molecule has 3 rings (SSSR count). The molecule has 0 saturated carbocycles. The van der Waals surface area contributed by atoms with E-state index in [-0.39, 0.29) is 11.9 Å². The molecule has 3 aromatic rings. The highest BCUT2D eigenvalue weighted by Crippen LogP contribution is 2.30. The summed E-state index contributed by atoms with van der Waals surface area (Å²) in [6.45, 7) is 10.1. The third kappa shape index (κ3) is 8.41. The average Bonchev–Trinajstić information content (AvgIpc) is 3.36. The number of halogens is 1. The number of unbranched alkanes of at least 4 members (excludes halogenated alkanes) is 1. The molecule has 5 N–H and O–H groups in total. The SMILES string of the molecule is CCCCNC(=O)Nc1nc(C)c(C(=O)Nc2c(C)cc(C)cc2Br)s1.Cc1ncsc1C(N)=O. The number of urea groups is 1. The van der Waals surface area contributed by atoms with Gasteiger partial charge in [-0.3, -0.25) is 14.9 Å². The first kappa shape index (κ1) is 28.4. The first-order valence-corrected chi connectivity index (χ1v) is 13.3. The summed E-state index contributed by atoms with van der Waals surface area (Å²) in [6, 6.07) is 3.65. The first-order chi connectivity index (χ1) is 16.5. The molecule has 0 aliphatic heterocycles. The second kappa shape index (κ2) is 13.3. The Labute approximate surface area is 221 Å². The standard InChI is InChI=1S/C18H23BrN4O2S.C5H6N2OS/c1-5-6-7-20-17(25)23-18-21-12(4)15(26-18)16(24)22-14-11(3)8-10(2)9-13(14)19;1-3-4(5(6)8)9-2-7-3/h8-9H,5-7H2,1-4H3,(H,22,24)(H2,20,21,23,25);2H,1H3,(H2,6,8). The number of rotatable bonds is 7. The van der Waals surface area contributed by atoms with Gasteiger partial charge in [-0.1, -0.05) is 30.7 Å². The minimum Gasteiger partial charge on any atom is -0.365 e. The van der Waals surface area contributed by atoms with Crippen molar-refractivity contribution in [2.24, 2.45) is 5.73 Å². The Morgan fingerprint density at radius 2 is 1.77 bits per heavy atom. The number of anilines is 2. The topological polar surface area (TPSA) is 139 Å². The summed E-state index contributed by atoms with van der Waals surface area (Å²) in [5.41, 5.74) is 10.7. The molecule has 188 valence electrons. The van der Waals surface area contributed by atoms with Crippen LogP contribution in [0.4, 0.5) is 15.6 Å². The fourth-order valence-corrected chi connectivity index (χ4v) is 5.25. The predicted molar refractivity (Wildman–Crippen MR) is 146 cm³/mol. The maximum Gasteiger partial charge on any atom is 0.321 e. The van der Waals surface area contributed by atoms with Crippen LogP contribution in [0.15, 0.2) is 22.1 Å². The molecule has 0 unspecified atom stereocenters. The monoisotopic (exact) mass is 580 g/mol. The van der Waals surface area contributed by atoms with Gasteiger partial charge in [0.2, 0.25) is 0 Å². The molecular formula is C23H29BrN6O3S2. The number of amides is 4. The normalized spacial score (nSPS) is 10.2. The van der Waals surface area contributed by atoms with Gasteiger partial charge in [0.1, 0.15) is 9.75 Å². The van der Waals surface area contributed by atoms with Crippen LogP contribution in [0.1, 0.15) is 61.6 Å². The number of hydrogen-bond acceptors (Lipinski definition) is 7. The third-order valence-corrected chi connectivity index (χ3v) is 7.32. The van der Waals surface area contributed by atoms with Crippen molar-refractivity contribution >= 4 is 67.3 Å². The summed E-state index contributed by atoms with van der Waals surface area (Å²) in [5, 5.41) is 8.77. The first-order valence-electron chi connectivity index (χ1n) is 10.8. The summed E-state index contributed by atoms with van der Waals surface area (Å²) in [4.78, 5) is 44.1. The lowest BCUT2D eigenvalue weighted by molar-refractivity contribution is 0.100. The molecule has 0 saturated heterocycles. The lowest BCUT2D eigenvalue weighted by Crippen LogP contribution is -2.29. The number of aryl methyl sites for hydroxylation is 4. The zero-order valence-electron chi connectivity index (χ0n) is 20.2. The van der Waals surface area contributed by atoms with Crippen LogP contribution in [0.2, 0.25) is 0 Å². The fourth-order valence-electron chi connectivity index (χ4n) is 2.96. The molecule has 12 heteroatoms. The summed E-state index contributed by atoms with van der Waals surface area (Å²) in [6.07, 6.45) is 1.93. The maximum absolute atomic E-state index is 12.6. The van der Waals surface area contributed by atoms with E-state index < -0.39 is 5.91 Å². The zero-order valence-corrected chi connectivity index (χ0v) is 23.5. The number of thiazole rings is 2. The van der Waals surface area contributed by atoms with Gasteiger partial charge in [-0.15, -0.1) is 11.3 Å². The van der Waals surface area contributed by atoms with Gasteiger partial charge in [-0.25, -0.2) is 14.8 Å². The Morgan fingerprint density at radius 3 is 2.31 bits per heavy atom. The van der Waals surface area contributed by atoms with E-state index in [1.54, 1.807) is 19.4 Å². The second-order valence-electron chi connectivity index (χ2n) is 7.69. The van der Waals surface area contributed by atoms with E-state index in [2.05, 4.69) is 48.8 Å². The lowest BCUT2D eigenvalue weighted by Gasteiger charge is -2.11. The van der Waals surface area contributed by atoms with E-state index in [0.717, 1.165) is 45.5 Å². The average molecular weight is 582 g/mol. The number of hydrogen-bond donors (Lipinski definition) is 4. The lowest BCUT2D eigenvalue weighted by atomic mass is 10.1. The highest BCUT2D eigenvalue weighted by atomic mass is 79.9. The van der Waals surface area contributed by atoms with Crippen LogP contribution in [0.5, 0.6) is 0 Å². The summed E-state index contributed by atoms with van der Waals surface area (Å²) in [7, 11) is 0. The summed E-state index contributed by atoms with van der Waals surface area (Å²) in [5.74, 6) is -0.637. The quantitative estimate of drug-likeness (QED) is 0.271. The molecule has 0 radical (unpaired) electrons. The molecule has 4 amide bonds.